The Morgan fingerprint density at radius 2 is 1.67 bits per heavy atom. The monoisotopic (exact) mass is 451 g/mol. The van der Waals surface area contributed by atoms with Gasteiger partial charge in [-0.2, -0.15) is 18.4 Å². The number of rotatable bonds is 7. The molecule has 1 aliphatic rings. The van der Waals surface area contributed by atoms with Crippen molar-refractivity contribution in [2.45, 2.75) is 64.0 Å². The summed E-state index contributed by atoms with van der Waals surface area (Å²) >= 11 is 0. The maximum atomic E-state index is 13.1. The van der Waals surface area contributed by atoms with Crippen LogP contribution in [0.25, 0.3) is 0 Å². The van der Waals surface area contributed by atoms with Crippen LogP contribution in [0.2, 0.25) is 0 Å². The minimum absolute atomic E-state index is 0.397. The quantitative estimate of drug-likeness (QED) is 0.397. The molecular weight excluding hydrogens is 423 g/mol. The Bertz CT molecular complexity index is 1100. The van der Waals surface area contributed by atoms with Crippen LogP contribution in [-0.4, -0.2) is 15.5 Å². The highest BCUT2D eigenvalue weighted by molar-refractivity contribution is 5.33. The highest BCUT2D eigenvalue weighted by Crippen LogP contribution is 2.30. The molecular formula is C27H28F3N3. The minimum Gasteiger partial charge on any atom is -0.346 e. The lowest BCUT2D eigenvalue weighted by Crippen LogP contribution is -2.36. The van der Waals surface area contributed by atoms with Gasteiger partial charge in [-0.05, 0) is 60.4 Å². The van der Waals surface area contributed by atoms with Crippen LogP contribution in [0.4, 0.5) is 13.2 Å². The molecule has 1 saturated carbocycles. The van der Waals surface area contributed by atoms with Gasteiger partial charge < -0.3 is 4.57 Å². The normalized spacial score (nSPS) is 15.0. The van der Waals surface area contributed by atoms with E-state index in [1.165, 1.54) is 31.4 Å². The van der Waals surface area contributed by atoms with Crippen LogP contribution in [0.3, 0.4) is 0 Å². The fourth-order valence-electron chi connectivity index (χ4n) is 4.73. The second-order valence-corrected chi connectivity index (χ2v) is 8.83. The van der Waals surface area contributed by atoms with E-state index in [-0.39, 0.29) is 0 Å². The Kier molecular flexibility index (Phi) is 7.20. The fourth-order valence-corrected chi connectivity index (χ4v) is 4.73. The summed E-state index contributed by atoms with van der Waals surface area (Å²) in [6.07, 6.45) is 3.57. The molecule has 1 aliphatic carbocycles. The summed E-state index contributed by atoms with van der Waals surface area (Å²) in [5.74, 6) is 0. The predicted molar refractivity (Wildman–Crippen MR) is 122 cm³/mol. The molecule has 3 aromatic rings. The first-order valence-electron chi connectivity index (χ1n) is 11.5. The average Bonchev–Trinajstić information content (AvgIpc) is 3.25. The molecule has 1 aromatic heterocycles. The summed E-state index contributed by atoms with van der Waals surface area (Å²) in [4.78, 5) is 2.47. The number of halogens is 3. The Morgan fingerprint density at radius 3 is 2.42 bits per heavy atom. The van der Waals surface area contributed by atoms with Crippen LogP contribution in [0.5, 0.6) is 0 Å². The standard InChI is InChI=1S/C27H28F3N3/c28-27(29,30)24-10-5-9-23(16-24)18-32-14-6-13-26(32)20-33(25-11-2-1-3-12-25)19-22-8-4-7-21(15-22)17-31/h4-10,13-16,25H,1-3,11-12,18-20H2. The lowest BCUT2D eigenvalue weighted by Gasteiger charge is -2.34. The van der Waals surface area contributed by atoms with Crippen molar-refractivity contribution < 1.29 is 13.2 Å². The molecule has 1 heterocycles. The lowest BCUT2D eigenvalue weighted by atomic mass is 9.93. The maximum Gasteiger partial charge on any atom is 0.416 e. The number of benzene rings is 2. The number of hydrogen-bond donors (Lipinski definition) is 0. The first kappa shape index (κ1) is 23.1. The van der Waals surface area contributed by atoms with Gasteiger partial charge in [0.05, 0.1) is 17.2 Å². The third-order valence-electron chi connectivity index (χ3n) is 6.43. The van der Waals surface area contributed by atoms with E-state index in [1.807, 2.05) is 35.0 Å². The summed E-state index contributed by atoms with van der Waals surface area (Å²) in [6, 6.07) is 20.0. The number of hydrogen-bond acceptors (Lipinski definition) is 2. The molecule has 0 atom stereocenters. The topological polar surface area (TPSA) is 32.0 Å². The van der Waals surface area contributed by atoms with Gasteiger partial charge in [-0.1, -0.05) is 43.5 Å². The molecule has 1 fully saturated rings. The highest BCUT2D eigenvalue weighted by Gasteiger charge is 2.30. The van der Waals surface area contributed by atoms with Crippen molar-refractivity contribution in [1.82, 2.24) is 9.47 Å². The predicted octanol–water partition coefficient (Wildman–Crippen LogP) is 6.76. The Morgan fingerprint density at radius 1 is 0.909 bits per heavy atom. The number of aromatic nitrogens is 1. The van der Waals surface area contributed by atoms with Gasteiger partial charge in [-0.3, -0.25) is 4.90 Å². The van der Waals surface area contributed by atoms with Gasteiger partial charge in [0.2, 0.25) is 0 Å². The van der Waals surface area contributed by atoms with E-state index in [9.17, 15) is 18.4 Å². The zero-order valence-corrected chi connectivity index (χ0v) is 18.6. The third-order valence-corrected chi connectivity index (χ3v) is 6.43. The summed E-state index contributed by atoms with van der Waals surface area (Å²) in [6.45, 7) is 1.86. The van der Waals surface area contributed by atoms with Crippen LogP contribution in [0.1, 0.15) is 60.1 Å². The summed E-state index contributed by atoms with van der Waals surface area (Å²) in [5.41, 5.74) is 2.86. The van der Waals surface area contributed by atoms with Gasteiger partial charge in [-0.25, -0.2) is 0 Å². The van der Waals surface area contributed by atoms with E-state index in [1.54, 1.807) is 6.07 Å². The molecule has 0 amide bonds. The van der Waals surface area contributed by atoms with Crippen molar-refractivity contribution in [3.05, 3.63) is 94.8 Å². The van der Waals surface area contributed by atoms with Crippen LogP contribution >= 0.6 is 0 Å². The van der Waals surface area contributed by atoms with E-state index < -0.39 is 11.7 Å². The van der Waals surface area contributed by atoms with Crippen molar-refractivity contribution in [3.8, 4) is 6.07 Å². The molecule has 0 unspecified atom stereocenters. The number of alkyl halides is 3. The molecule has 2 aromatic carbocycles. The van der Waals surface area contributed by atoms with E-state index in [4.69, 9.17) is 0 Å². The average molecular weight is 452 g/mol. The van der Waals surface area contributed by atoms with Crippen molar-refractivity contribution in [2.75, 3.05) is 0 Å². The zero-order valence-electron chi connectivity index (χ0n) is 18.6. The summed E-state index contributed by atoms with van der Waals surface area (Å²) in [5, 5.41) is 9.26. The molecule has 6 heteroatoms. The highest BCUT2D eigenvalue weighted by atomic mass is 19.4. The Balaban J connectivity index is 1.55. The zero-order chi connectivity index (χ0) is 23.3. The third kappa shape index (κ3) is 6.06. The SMILES string of the molecule is N#Cc1cccc(CN(Cc2cccn2Cc2cccc(C(F)(F)F)c2)C2CCCCC2)c1. The van der Waals surface area contributed by atoms with Gasteiger partial charge in [0, 0.05) is 37.6 Å². The second-order valence-electron chi connectivity index (χ2n) is 8.83. The molecule has 172 valence electrons. The van der Waals surface area contributed by atoms with Crippen molar-refractivity contribution in [1.29, 1.82) is 5.26 Å². The minimum atomic E-state index is -4.34. The number of nitrogens with zero attached hydrogens (tertiary/aromatic N) is 3. The maximum absolute atomic E-state index is 13.1. The first-order valence-corrected chi connectivity index (χ1v) is 11.5. The van der Waals surface area contributed by atoms with Crippen molar-refractivity contribution in [3.63, 3.8) is 0 Å². The van der Waals surface area contributed by atoms with Crippen molar-refractivity contribution >= 4 is 0 Å². The van der Waals surface area contributed by atoms with Crippen LogP contribution in [0.15, 0.2) is 66.9 Å². The first-order chi connectivity index (χ1) is 15.9. The Hall–Kier alpha value is -3.04. The van der Waals surface area contributed by atoms with Crippen LogP contribution in [0, 0.1) is 11.3 Å². The largest absolute Gasteiger partial charge is 0.416 e. The van der Waals surface area contributed by atoms with E-state index in [2.05, 4.69) is 23.1 Å². The van der Waals surface area contributed by atoms with Crippen LogP contribution in [-0.2, 0) is 25.8 Å². The lowest BCUT2D eigenvalue weighted by molar-refractivity contribution is -0.137. The Labute approximate surface area is 193 Å². The van der Waals surface area contributed by atoms with Crippen LogP contribution < -0.4 is 0 Å². The molecule has 4 rings (SSSR count). The smallest absolute Gasteiger partial charge is 0.346 e. The molecule has 33 heavy (non-hydrogen) atoms. The van der Waals surface area contributed by atoms with E-state index in [0.29, 0.717) is 30.3 Å². The molecule has 0 radical (unpaired) electrons. The summed E-state index contributed by atoms with van der Waals surface area (Å²) in [7, 11) is 0. The fraction of sp³-hybridized carbons (Fsp3) is 0.370. The summed E-state index contributed by atoms with van der Waals surface area (Å²) < 4.78 is 41.4. The second kappa shape index (κ2) is 10.3. The van der Waals surface area contributed by atoms with E-state index in [0.717, 1.165) is 36.7 Å². The van der Waals surface area contributed by atoms with Gasteiger partial charge in [-0.15, -0.1) is 0 Å². The van der Waals surface area contributed by atoms with Gasteiger partial charge in [0.1, 0.15) is 0 Å². The molecule has 3 nitrogen and oxygen atoms in total. The molecule has 0 N–H and O–H groups in total. The van der Waals surface area contributed by atoms with Crippen molar-refractivity contribution in [2.24, 2.45) is 0 Å². The van der Waals surface area contributed by atoms with Gasteiger partial charge >= 0.3 is 6.18 Å². The van der Waals surface area contributed by atoms with Gasteiger partial charge in [0.25, 0.3) is 0 Å². The molecule has 0 spiro atoms. The molecule has 0 saturated heterocycles. The molecule has 0 bridgehead atoms. The number of nitriles is 1. The van der Waals surface area contributed by atoms with Gasteiger partial charge in [0.15, 0.2) is 0 Å². The van der Waals surface area contributed by atoms with E-state index >= 15 is 0 Å². The molecule has 0 aliphatic heterocycles.